The summed E-state index contributed by atoms with van der Waals surface area (Å²) in [7, 11) is 0. The lowest BCUT2D eigenvalue weighted by Gasteiger charge is -2.39. The van der Waals surface area contributed by atoms with Crippen molar-refractivity contribution in [3.8, 4) is 0 Å². The molecule has 1 atom stereocenters. The van der Waals surface area contributed by atoms with Crippen LogP contribution in [-0.4, -0.2) is 42.4 Å². The van der Waals surface area contributed by atoms with Gasteiger partial charge in [0, 0.05) is 23.7 Å². The fourth-order valence-corrected chi connectivity index (χ4v) is 5.87. The number of nitrogens with zero attached hydrogens (tertiary/aromatic N) is 1. The van der Waals surface area contributed by atoms with Gasteiger partial charge in [-0.2, -0.15) is 0 Å². The number of carbonyl (C=O) groups excluding carboxylic acids is 2. The maximum absolute atomic E-state index is 12.8. The van der Waals surface area contributed by atoms with E-state index in [9.17, 15) is 9.59 Å². The maximum Gasteiger partial charge on any atom is 0.264 e. The van der Waals surface area contributed by atoms with Gasteiger partial charge in [0.05, 0.1) is 15.9 Å². The number of nitrogens with one attached hydrogen (secondary N) is 2. The molecule has 2 aromatic heterocycles. The van der Waals surface area contributed by atoms with E-state index >= 15 is 0 Å². The van der Waals surface area contributed by atoms with Gasteiger partial charge in [0.1, 0.15) is 0 Å². The summed E-state index contributed by atoms with van der Waals surface area (Å²) in [5.41, 5.74) is 1.35. The molecule has 0 unspecified atom stereocenters. The molecule has 0 radical (unpaired) electrons. The number of thiophene rings is 2. The van der Waals surface area contributed by atoms with E-state index in [4.69, 9.17) is 0 Å². The summed E-state index contributed by atoms with van der Waals surface area (Å²) < 4.78 is 1.30. The highest BCUT2D eigenvalue weighted by molar-refractivity contribution is 7.18. The number of anilines is 1. The van der Waals surface area contributed by atoms with Gasteiger partial charge in [0.15, 0.2) is 0 Å². The monoisotopic (exact) mass is 411 g/mol. The molecule has 2 aliphatic rings. The average molecular weight is 412 g/mol. The SMILES string of the molecule is O=C(Nc1ccc(C(=O)N2CC(c3csc4ccccc34)C2)s1)[C@@H]1CCCN1. The predicted octanol–water partition coefficient (Wildman–Crippen LogP) is 3.89. The van der Waals surface area contributed by atoms with Gasteiger partial charge in [0.25, 0.3) is 5.91 Å². The van der Waals surface area contributed by atoms with Crippen molar-refractivity contribution in [3.05, 3.63) is 52.2 Å². The minimum atomic E-state index is -0.113. The number of benzene rings is 1. The number of rotatable bonds is 4. The van der Waals surface area contributed by atoms with Crippen LogP contribution in [0.2, 0.25) is 0 Å². The van der Waals surface area contributed by atoms with Crippen LogP contribution in [0.15, 0.2) is 41.8 Å². The number of hydrogen-bond acceptors (Lipinski definition) is 5. The van der Waals surface area contributed by atoms with E-state index < -0.39 is 0 Å². The first-order valence-electron chi connectivity index (χ1n) is 9.58. The van der Waals surface area contributed by atoms with Crippen molar-refractivity contribution < 1.29 is 9.59 Å². The molecular formula is C21H21N3O2S2. The van der Waals surface area contributed by atoms with E-state index in [1.807, 2.05) is 17.0 Å². The standard InChI is InChI=1S/C21H21N3O2S2/c25-20(16-5-3-9-22-16)23-19-8-7-18(28-19)21(26)24-10-13(11-24)15-12-27-17-6-2-1-4-14(15)17/h1-2,4,6-8,12-13,16,22H,3,5,9-11H2,(H,23,25)/t16-/m0/s1. The molecule has 28 heavy (non-hydrogen) atoms. The van der Waals surface area contributed by atoms with Crippen LogP contribution < -0.4 is 10.6 Å². The molecule has 1 aromatic carbocycles. The third kappa shape index (κ3) is 3.23. The fraction of sp³-hybridized carbons (Fsp3) is 0.333. The van der Waals surface area contributed by atoms with Gasteiger partial charge in [0.2, 0.25) is 5.91 Å². The quantitative estimate of drug-likeness (QED) is 0.685. The Bertz CT molecular complexity index is 1030. The topological polar surface area (TPSA) is 61.4 Å². The Balaban J connectivity index is 1.21. The smallest absolute Gasteiger partial charge is 0.264 e. The second kappa shape index (κ2) is 7.31. The molecule has 5 rings (SSSR count). The molecule has 2 saturated heterocycles. The van der Waals surface area contributed by atoms with Crippen LogP contribution in [0.5, 0.6) is 0 Å². The number of fused-ring (bicyclic) bond motifs is 1. The first kappa shape index (κ1) is 17.8. The molecule has 3 aromatic rings. The average Bonchev–Trinajstić information content (AvgIpc) is 3.41. The highest BCUT2D eigenvalue weighted by atomic mass is 32.1. The van der Waals surface area contributed by atoms with Gasteiger partial charge in [-0.3, -0.25) is 9.59 Å². The normalized spacial score (nSPS) is 19.7. The minimum absolute atomic E-state index is 0.00769. The van der Waals surface area contributed by atoms with Gasteiger partial charge >= 0.3 is 0 Å². The van der Waals surface area contributed by atoms with E-state index in [1.54, 1.807) is 11.3 Å². The summed E-state index contributed by atoms with van der Waals surface area (Å²) in [6, 6.07) is 12.0. The highest BCUT2D eigenvalue weighted by Gasteiger charge is 2.34. The first-order valence-corrected chi connectivity index (χ1v) is 11.3. The molecule has 2 N–H and O–H groups in total. The molecule has 0 spiro atoms. The summed E-state index contributed by atoms with van der Waals surface area (Å²) >= 11 is 3.13. The molecule has 4 heterocycles. The summed E-state index contributed by atoms with van der Waals surface area (Å²) in [4.78, 5) is 27.6. The lowest BCUT2D eigenvalue weighted by Crippen LogP contribution is -2.48. The first-order chi connectivity index (χ1) is 13.7. The van der Waals surface area contributed by atoms with Crippen LogP contribution >= 0.6 is 22.7 Å². The van der Waals surface area contributed by atoms with Crippen LogP contribution in [0.3, 0.4) is 0 Å². The van der Waals surface area contributed by atoms with E-state index in [1.165, 1.54) is 27.0 Å². The second-order valence-electron chi connectivity index (χ2n) is 7.40. The molecule has 0 aliphatic carbocycles. The molecule has 2 fully saturated rings. The third-order valence-corrected chi connectivity index (χ3v) is 7.53. The minimum Gasteiger partial charge on any atom is -0.337 e. The fourth-order valence-electron chi connectivity index (χ4n) is 3.95. The Morgan fingerprint density at radius 2 is 2.00 bits per heavy atom. The molecule has 2 aliphatic heterocycles. The Labute approximate surface area is 171 Å². The number of hydrogen-bond donors (Lipinski definition) is 2. The summed E-state index contributed by atoms with van der Waals surface area (Å²) in [5, 5.41) is 10.4. The number of likely N-dealkylation sites (tertiary alicyclic amines) is 1. The van der Waals surface area contributed by atoms with Crippen LogP contribution in [0, 0.1) is 0 Å². The van der Waals surface area contributed by atoms with Crippen LogP contribution in [0.25, 0.3) is 10.1 Å². The molecule has 144 valence electrons. The zero-order valence-electron chi connectivity index (χ0n) is 15.3. The number of carbonyl (C=O) groups is 2. The van der Waals surface area contributed by atoms with E-state index in [2.05, 4.69) is 40.3 Å². The lowest BCUT2D eigenvalue weighted by atomic mass is 9.91. The van der Waals surface area contributed by atoms with Gasteiger partial charge in [-0.25, -0.2) is 0 Å². The third-order valence-electron chi connectivity index (χ3n) is 5.56. The van der Waals surface area contributed by atoms with E-state index in [0.717, 1.165) is 37.5 Å². The van der Waals surface area contributed by atoms with Crippen LogP contribution in [0.1, 0.15) is 34.0 Å². The molecule has 5 nitrogen and oxygen atoms in total. The number of amides is 2. The second-order valence-corrected chi connectivity index (χ2v) is 9.39. The Hall–Kier alpha value is -2.22. The van der Waals surface area contributed by atoms with Gasteiger partial charge in [-0.1, -0.05) is 18.2 Å². The zero-order valence-corrected chi connectivity index (χ0v) is 16.9. The molecule has 7 heteroatoms. The van der Waals surface area contributed by atoms with Gasteiger partial charge in [-0.15, -0.1) is 22.7 Å². The van der Waals surface area contributed by atoms with Crippen molar-refractivity contribution in [2.75, 3.05) is 25.0 Å². The van der Waals surface area contributed by atoms with Crippen molar-refractivity contribution in [1.82, 2.24) is 10.2 Å². The van der Waals surface area contributed by atoms with Crippen molar-refractivity contribution in [2.45, 2.75) is 24.8 Å². The van der Waals surface area contributed by atoms with Crippen molar-refractivity contribution in [2.24, 2.45) is 0 Å². The summed E-state index contributed by atoms with van der Waals surface area (Å²) in [6.07, 6.45) is 1.90. The van der Waals surface area contributed by atoms with Crippen LogP contribution in [0.4, 0.5) is 5.00 Å². The van der Waals surface area contributed by atoms with Crippen molar-refractivity contribution in [3.63, 3.8) is 0 Å². The van der Waals surface area contributed by atoms with Crippen molar-refractivity contribution in [1.29, 1.82) is 0 Å². The van der Waals surface area contributed by atoms with Crippen LogP contribution in [-0.2, 0) is 4.79 Å². The molecule has 0 bridgehead atoms. The Morgan fingerprint density at radius 3 is 2.82 bits per heavy atom. The van der Waals surface area contributed by atoms with Gasteiger partial charge in [-0.05, 0) is 53.9 Å². The highest BCUT2D eigenvalue weighted by Crippen LogP contribution is 2.37. The summed E-state index contributed by atoms with van der Waals surface area (Å²) in [5.74, 6) is 0.458. The molecule has 2 amide bonds. The summed E-state index contributed by atoms with van der Waals surface area (Å²) in [6.45, 7) is 2.40. The largest absolute Gasteiger partial charge is 0.337 e. The lowest BCUT2D eigenvalue weighted by molar-refractivity contribution is -0.117. The molecular weight excluding hydrogens is 390 g/mol. The predicted molar refractivity (Wildman–Crippen MR) is 114 cm³/mol. The zero-order chi connectivity index (χ0) is 19.1. The Kier molecular flexibility index (Phi) is 4.66. The van der Waals surface area contributed by atoms with E-state index in [0.29, 0.717) is 10.8 Å². The van der Waals surface area contributed by atoms with E-state index in [-0.39, 0.29) is 17.9 Å². The van der Waals surface area contributed by atoms with Crippen molar-refractivity contribution >= 4 is 49.6 Å². The Morgan fingerprint density at radius 1 is 1.14 bits per heavy atom. The van der Waals surface area contributed by atoms with Gasteiger partial charge < -0.3 is 15.5 Å². The molecule has 0 saturated carbocycles. The maximum atomic E-state index is 12.8.